The van der Waals surface area contributed by atoms with Crippen molar-refractivity contribution in [2.24, 2.45) is 5.92 Å². The van der Waals surface area contributed by atoms with Gasteiger partial charge in [-0.2, -0.15) is 0 Å². The van der Waals surface area contributed by atoms with Gasteiger partial charge in [0.25, 0.3) is 0 Å². The Labute approximate surface area is 184 Å². The number of aromatic nitrogens is 1. The average Bonchev–Trinajstić information content (AvgIpc) is 3.25. The third-order valence-corrected chi connectivity index (χ3v) is 6.72. The van der Waals surface area contributed by atoms with Crippen LogP contribution in [0.2, 0.25) is 0 Å². The largest absolute Gasteiger partial charge is 0.344 e. The van der Waals surface area contributed by atoms with E-state index < -0.39 is 0 Å². The number of piperidine rings is 1. The fraction of sp³-hybridized carbons (Fsp3) is 0.480. The fourth-order valence-corrected chi connectivity index (χ4v) is 4.96. The van der Waals surface area contributed by atoms with Crippen molar-refractivity contribution in [1.82, 2.24) is 20.1 Å². The number of nitrogens with one attached hydrogen (secondary N) is 1. The molecule has 6 heteroatoms. The van der Waals surface area contributed by atoms with Gasteiger partial charge in [0.1, 0.15) is 6.04 Å². The summed E-state index contributed by atoms with van der Waals surface area (Å²) in [6.07, 6.45) is 7.77. The van der Waals surface area contributed by atoms with E-state index in [1.165, 1.54) is 11.1 Å². The molecule has 4 rings (SSSR count). The lowest BCUT2D eigenvalue weighted by atomic mass is 9.84. The smallest absolute Gasteiger partial charge is 0.245 e. The minimum absolute atomic E-state index is 0.00565. The summed E-state index contributed by atoms with van der Waals surface area (Å²) < 4.78 is 0. The number of likely N-dealkylation sites (tertiary alicyclic amines) is 1. The van der Waals surface area contributed by atoms with Gasteiger partial charge in [-0.25, -0.2) is 0 Å². The van der Waals surface area contributed by atoms with Crippen LogP contribution in [-0.2, 0) is 22.6 Å². The maximum atomic E-state index is 12.8. The van der Waals surface area contributed by atoms with Crippen molar-refractivity contribution in [2.45, 2.75) is 50.7 Å². The second kappa shape index (κ2) is 10.1. The van der Waals surface area contributed by atoms with E-state index in [0.29, 0.717) is 24.8 Å². The summed E-state index contributed by atoms with van der Waals surface area (Å²) in [5.41, 5.74) is 2.61. The molecule has 2 unspecified atom stereocenters. The quantitative estimate of drug-likeness (QED) is 0.748. The molecule has 0 spiro atoms. The van der Waals surface area contributed by atoms with Crippen molar-refractivity contribution in [1.29, 1.82) is 0 Å². The molecular weight excluding hydrogens is 388 g/mol. The number of likely N-dealkylation sites (N-methyl/N-ethyl adjacent to an activating group) is 1. The highest BCUT2D eigenvalue weighted by Gasteiger charge is 2.35. The molecule has 0 aliphatic carbocycles. The molecular formula is C25H32N4O2. The van der Waals surface area contributed by atoms with Gasteiger partial charge in [-0.15, -0.1) is 0 Å². The Morgan fingerprint density at radius 1 is 1.10 bits per heavy atom. The van der Waals surface area contributed by atoms with Crippen molar-refractivity contribution < 1.29 is 9.59 Å². The lowest BCUT2D eigenvalue weighted by molar-refractivity contribution is -0.136. The van der Waals surface area contributed by atoms with Gasteiger partial charge in [-0.3, -0.25) is 19.5 Å². The molecule has 1 aromatic heterocycles. The van der Waals surface area contributed by atoms with Crippen LogP contribution in [0.4, 0.5) is 0 Å². The first-order valence-electron chi connectivity index (χ1n) is 11.3. The van der Waals surface area contributed by atoms with Crippen LogP contribution >= 0.6 is 0 Å². The first kappa shape index (κ1) is 21.5. The average molecular weight is 421 g/mol. The number of hydrogen-bond donors (Lipinski definition) is 1. The normalized spacial score (nSPS) is 20.6. The van der Waals surface area contributed by atoms with Crippen LogP contribution in [0, 0.1) is 5.92 Å². The maximum Gasteiger partial charge on any atom is 0.245 e. The van der Waals surface area contributed by atoms with Crippen LogP contribution in [-0.4, -0.2) is 58.8 Å². The lowest BCUT2D eigenvalue weighted by Crippen LogP contribution is -2.50. The zero-order valence-corrected chi connectivity index (χ0v) is 18.2. The van der Waals surface area contributed by atoms with E-state index in [0.717, 1.165) is 38.9 Å². The van der Waals surface area contributed by atoms with Crippen LogP contribution in [0.25, 0.3) is 0 Å². The van der Waals surface area contributed by atoms with Crippen molar-refractivity contribution >= 4 is 11.8 Å². The molecule has 1 N–H and O–H groups in total. The van der Waals surface area contributed by atoms with Crippen LogP contribution in [0.3, 0.4) is 0 Å². The monoisotopic (exact) mass is 420 g/mol. The molecule has 3 heterocycles. The van der Waals surface area contributed by atoms with Gasteiger partial charge in [-0.1, -0.05) is 30.3 Å². The molecule has 2 aliphatic heterocycles. The lowest BCUT2D eigenvalue weighted by Gasteiger charge is -2.40. The van der Waals surface area contributed by atoms with E-state index in [4.69, 9.17) is 0 Å². The summed E-state index contributed by atoms with van der Waals surface area (Å²) in [4.78, 5) is 32.8. The van der Waals surface area contributed by atoms with Gasteiger partial charge in [0.05, 0.1) is 0 Å². The van der Waals surface area contributed by atoms with Crippen LogP contribution in [0.5, 0.6) is 0 Å². The molecule has 164 valence electrons. The van der Waals surface area contributed by atoms with Gasteiger partial charge in [0, 0.05) is 44.5 Å². The highest BCUT2D eigenvalue weighted by molar-refractivity contribution is 5.90. The number of hydrogen-bond acceptors (Lipinski definition) is 4. The first-order valence-corrected chi connectivity index (χ1v) is 11.3. The molecule has 0 radical (unpaired) electrons. The second-order valence-electron chi connectivity index (χ2n) is 8.85. The number of amides is 2. The summed E-state index contributed by atoms with van der Waals surface area (Å²) in [5.74, 6) is 0.609. The predicted octanol–water partition coefficient (Wildman–Crippen LogP) is 2.64. The molecule has 2 aliphatic rings. The van der Waals surface area contributed by atoms with Crippen molar-refractivity contribution in [2.75, 3.05) is 20.1 Å². The van der Waals surface area contributed by atoms with Crippen LogP contribution < -0.4 is 5.32 Å². The molecule has 1 aromatic carbocycles. The minimum atomic E-state index is -0.321. The van der Waals surface area contributed by atoms with Gasteiger partial charge >= 0.3 is 0 Å². The zero-order chi connectivity index (χ0) is 21.6. The topological polar surface area (TPSA) is 65.5 Å². The molecule has 2 fully saturated rings. The summed E-state index contributed by atoms with van der Waals surface area (Å²) >= 11 is 0. The van der Waals surface area contributed by atoms with Crippen molar-refractivity contribution in [3.63, 3.8) is 0 Å². The van der Waals surface area contributed by atoms with Crippen LogP contribution in [0.15, 0.2) is 54.9 Å². The standard InChI is InChI=1S/C25H32N4O2/c1-28(18-20-9-13-26-14-10-20)23(17-19-5-3-2-4-6-19)21-11-15-29(16-12-21)25(31)22-7-8-24(30)27-22/h2-6,9-10,13-14,21-23H,7-8,11-12,15-18H2,1H3,(H,27,30). The van der Waals surface area contributed by atoms with Gasteiger partial charge in [0.2, 0.25) is 11.8 Å². The Kier molecular flexibility index (Phi) is 6.97. The minimum Gasteiger partial charge on any atom is -0.344 e. The summed E-state index contributed by atoms with van der Waals surface area (Å²) in [6.45, 7) is 2.42. The van der Waals surface area contributed by atoms with E-state index >= 15 is 0 Å². The van der Waals surface area contributed by atoms with E-state index in [2.05, 4.69) is 64.7 Å². The third-order valence-electron chi connectivity index (χ3n) is 6.72. The SMILES string of the molecule is CN(Cc1ccncc1)C(Cc1ccccc1)C1CCN(C(=O)C2CCC(=O)N2)CC1. The molecule has 31 heavy (non-hydrogen) atoms. The molecule has 0 saturated carbocycles. The Bertz CT molecular complexity index is 866. The van der Waals surface area contributed by atoms with E-state index in [-0.39, 0.29) is 17.9 Å². The third kappa shape index (κ3) is 5.50. The summed E-state index contributed by atoms with van der Waals surface area (Å²) in [7, 11) is 2.21. The number of carbonyl (C=O) groups excluding carboxylic acids is 2. The second-order valence-corrected chi connectivity index (χ2v) is 8.85. The number of carbonyl (C=O) groups is 2. The molecule has 2 aromatic rings. The summed E-state index contributed by atoms with van der Waals surface area (Å²) in [6, 6.07) is 14.9. The number of nitrogens with zero attached hydrogens (tertiary/aromatic N) is 3. The zero-order valence-electron chi connectivity index (χ0n) is 18.2. The van der Waals surface area contributed by atoms with E-state index in [1.807, 2.05) is 17.3 Å². The Hall–Kier alpha value is -2.73. The Balaban J connectivity index is 1.41. The Morgan fingerprint density at radius 2 is 1.81 bits per heavy atom. The fourth-order valence-electron chi connectivity index (χ4n) is 4.96. The Morgan fingerprint density at radius 3 is 2.45 bits per heavy atom. The van der Waals surface area contributed by atoms with Crippen molar-refractivity contribution in [3.8, 4) is 0 Å². The van der Waals surface area contributed by atoms with Gasteiger partial charge in [0.15, 0.2) is 0 Å². The number of pyridine rings is 1. The van der Waals surface area contributed by atoms with Crippen LogP contribution in [0.1, 0.15) is 36.8 Å². The number of rotatable bonds is 7. The predicted molar refractivity (Wildman–Crippen MR) is 120 cm³/mol. The van der Waals surface area contributed by atoms with Gasteiger partial charge in [-0.05, 0) is 61.9 Å². The molecule has 0 bridgehead atoms. The molecule has 2 amide bonds. The van der Waals surface area contributed by atoms with Crippen molar-refractivity contribution in [3.05, 3.63) is 66.0 Å². The molecule has 6 nitrogen and oxygen atoms in total. The molecule has 2 atom stereocenters. The summed E-state index contributed by atoms with van der Waals surface area (Å²) in [5, 5.41) is 2.82. The molecule has 2 saturated heterocycles. The number of benzene rings is 1. The van der Waals surface area contributed by atoms with E-state index in [9.17, 15) is 9.59 Å². The maximum absolute atomic E-state index is 12.8. The van der Waals surface area contributed by atoms with Gasteiger partial charge < -0.3 is 10.2 Å². The first-order chi connectivity index (χ1) is 15.1. The highest BCUT2D eigenvalue weighted by Crippen LogP contribution is 2.28. The van der Waals surface area contributed by atoms with E-state index in [1.54, 1.807) is 0 Å². The highest BCUT2D eigenvalue weighted by atomic mass is 16.2.